The number of carbonyl (C=O) groups excluding carboxylic acids is 1. The van der Waals surface area contributed by atoms with E-state index in [1.54, 1.807) is 0 Å². The number of allylic oxidation sites excluding steroid dienone is 4. The van der Waals surface area contributed by atoms with Gasteiger partial charge in [-0.2, -0.15) is 0 Å². The fourth-order valence-corrected chi connectivity index (χ4v) is 2.60. The molecular formula is C22H28N2O4. The van der Waals surface area contributed by atoms with Gasteiger partial charge >= 0.3 is 5.97 Å². The van der Waals surface area contributed by atoms with Crippen molar-refractivity contribution in [2.75, 3.05) is 20.3 Å². The van der Waals surface area contributed by atoms with E-state index in [9.17, 15) is 4.79 Å². The number of benzene rings is 1. The average Bonchev–Trinajstić information content (AvgIpc) is 3.07. The van der Waals surface area contributed by atoms with Gasteiger partial charge < -0.3 is 19.2 Å². The van der Waals surface area contributed by atoms with Crippen molar-refractivity contribution in [3.63, 3.8) is 0 Å². The Morgan fingerprint density at radius 3 is 2.64 bits per heavy atom. The third-order valence-corrected chi connectivity index (χ3v) is 4.15. The quantitative estimate of drug-likeness (QED) is 0.495. The molecule has 2 rings (SSSR count). The van der Waals surface area contributed by atoms with Gasteiger partial charge in [0.1, 0.15) is 11.5 Å². The van der Waals surface area contributed by atoms with Gasteiger partial charge in [0.25, 0.3) is 0 Å². The number of rotatable bonds is 10. The number of oxazole rings is 1. The van der Waals surface area contributed by atoms with Crippen molar-refractivity contribution < 1.29 is 18.7 Å². The molecular weight excluding hydrogens is 356 g/mol. The number of aryl methyl sites for hydroxylation is 1. The largest absolute Gasteiger partial charge is 0.493 e. The van der Waals surface area contributed by atoms with E-state index in [0.717, 1.165) is 28.3 Å². The Kier molecular flexibility index (Phi) is 8.49. The van der Waals surface area contributed by atoms with Crippen LogP contribution in [0.25, 0.3) is 5.57 Å². The summed E-state index contributed by atoms with van der Waals surface area (Å²) in [7, 11) is 1.37. The summed E-state index contributed by atoms with van der Waals surface area (Å²) >= 11 is 0. The van der Waals surface area contributed by atoms with Gasteiger partial charge in [-0.3, -0.25) is 4.79 Å². The number of methoxy groups -OCH3 is 1. The Labute approximate surface area is 166 Å². The van der Waals surface area contributed by atoms with Crippen molar-refractivity contribution in [3.8, 4) is 5.75 Å². The van der Waals surface area contributed by atoms with Crippen LogP contribution in [0.1, 0.15) is 36.8 Å². The summed E-state index contributed by atoms with van der Waals surface area (Å²) in [6.45, 7) is 7.15. The molecule has 28 heavy (non-hydrogen) atoms. The maximum absolute atomic E-state index is 11.1. The van der Waals surface area contributed by atoms with Crippen molar-refractivity contribution in [1.82, 2.24) is 10.3 Å². The summed E-state index contributed by atoms with van der Waals surface area (Å²) in [5, 5.41) is 3.02. The molecule has 1 aromatic heterocycles. The molecule has 0 aliphatic rings. The molecule has 0 radical (unpaired) electrons. The summed E-state index contributed by atoms with van der Waals surface area (Å²) in [5.74, 6) is 1.96. The fourth-order valence-electron chi connectivity index (χ4n) is 2.60. The lowest BCUT2D eigenvalue weighted by Crippen LogP contribution is -2.23. The topological polar surface area (TPSA) is 73.6 Å². The zero-order chi connectivity index (χ0) is 20.4. The number of aromatic nitrogens is 1. The number of ether oxygens (including phenoxy) is 2. The number of carbonyl (C=O) groups is 1. The van der Waals surface area contributed by atoms with Crippen LogP contribution in [0.4, 0.5) is 0 Å². The molecule has 1 aromatic carbocycles. The number of nitrogens with one attached hydrogen (secondary N) is 1. The number of hydrogen-bond acceptors (Lipinski definition) is 6. The molecule has 0 spiro atoms. The van der Waals surface area contributed by atoms with Crippen LogP contribution >= 0.6 is 0 Å². The van der Waals surface area contributed by atoms with Gasteiger partial charge in [0.05, 0.1) is 26.0 Å². The SMILES string of the molecule is C/C=C\C(=C/C)c1nc(CCOc2ccc(CNCC(=O)OC)cc2)c(C)o1. The Hall–Kier alpha value is -2.86. The first-order valence-corrected chi connectivity index (χ1v) is 9.32. The number of nitrogens with zero attached hydrogens (tertiary/aromatic N) is 1. The predicted octanol–water partition coefficient (Wildman–Crippen LogP) is 3.85. The normalized spacial score (nSPS) is 11.8. The Balaban J connectivity index is 1.83. The van der Waals surface area contributed by atoms with E-state index in [-0.39, 0.29) is 12.5 Å². The van der Waals surface area contributed by atoms with Gasteiger partial charge in [-0.25, -0.2) is 4.98 Å². The van der Waals surface area contributed by atoms with E-state index in [2.05, 4.69) is 15.0 Å². The zero-order valence-electron chi connectivity index (χ0n) is 17.0. The van der Waals surface area contributed by atoms with Crippen LogP contribution in [0.3, 0.4) is 0 Å². The summed E-state index contributed by atoms with van der Waals surface area (Å²) in [5.41, 5.74) is 2.94. The smallest absolute Gasteiger partial charge is 0.319 e. The third-order valence-electron chi connectivity index (χ3n) is 4.15. The summed E-state index contributed by atoms with van der Waals surface area (Å²) in [6.07, 6.45) is 6.59. The highest BCUT2D eigenvalue weighted by atomic mass is 16.5. The van der Waals surface area contributed by atoms with E-state index in [1.807, 2.05) is 63.3 Å². The zero-order valence-corrected chi connectivity index (χ0v) is 17.0. The maximum atomic E-state index is 11.1. The predicted molar refractivity (Wildman–Crippen MR) is 109 cm³/mol. The second-order valence-electron chi connectivity index (χ2n) is 6.19. The lowest BCUT2D eigenvalue weighted by molar-refractivity contribution is -0.139. The molecule has 0 amide bonds. The van der Waals surface area contributed by atoms with Crippen molar-refractivity contribution >= 4 is 11.5 Å². The van der Waals surface area contributed by atoms with Gasteiger partial charge in [0.2, 0.25) is 5.89 Å². The highest BCUT2D eigenvalue weighted by Crippen LogP contribution is 2.20. The van der Waals surface area contributed by atoms with E-state index in [0.29, 0.717) is 25.5 Å². The van der Waals surface area contributed by atoms with E-state index < -0.39 is 0 Å². The number of hydrogen-bond donors (Lipinski definition) is 1. The highest BCUT2D eigenvalue weighted by molar-refractivity contribution is 5.71. The first kappa shape index (κ1) is 21.4. The van der Waals surface area contributed by atoms with Gasteiger partial charge in [0, 0.05) is 18.5 Å². The molecule has 0 aliphatic carbocycles. The average molecular weight is 384 g/mol. The molecule has 0 fully saturated rings. The molecule has 1 heterocycles. The second-order valence-corrected chi connectivity index (χ2v) is 6.19. The molecule has 6 nitrogen and oxygen atoms in total. The first-order chi connectivity index (χ1) is 13.6. The molecule has 1 N–H and O–H groups in total. The van der Waals surface area contributed by atoms with Crippen LogP contribution in [0, 0.1) is 6.92 Å². The van der Waals surface area contributed by atoms with Crippen molar-refractivity contribution in [3.05, 3.63) is 65.4 Å². The molecule has 0 aliphatic heterocycles. The molecule has 0 saturated heterocycles. The Bertz CT molecular complexity index is 820. The van der Waals surface area contributed by atoms with Crippen molar-refractivity contribution in [2.24, 2.45) is 0 Å². The van der Waals surface area contributed by atoms with Crippen molar-refractivity contribution in [1.29, 1.82) is 0 Å². The van der Waals surface area contributed by atoms with E-state index in [1.165, 1.54) is 7.11 Å². The van der Waals surface area contributed by atoms with Crippen LogP contribution in [0.15, 0.2) is 46.9 Å². The minimum Gasteiger partial charge on any atom is -0.493 e. The minimum absolute atomic E-state index is 0.191. The van der Waals surface area contributed by atoms with Crippen LogP contribution in [0.2, 0.25) is 0 Å². The summed E-state index contributed by atoms with van der Waals surface area (Å²) in [6, 6.07) is 7.77. The van der Waals surface area contributed by atoms with Gasteiger partial charge in [-0.1, -0.05) is 30.4 Å². The van der Waals surface area contributed by atoms with Crippen LogP contribution in [-0.4, -0.2) is 31.2 Å². The minimum atomic E-state index is -0.279. The van der Waals surface area contributed by atoms with Gasteiger partial charge in [0.15, 0.2) is 0 Å². The highest BCUT2D eigenvalue weighted by Gasteiger charge is 2.11. The fraction of sp³-hybridized carbons (Fsp3) is 0.364. The number of esters is 1. The summed E-state index contributed by atoms with van der Waals surface area (Å²) < 4.78 is 16.2. The van der Waals surface area contributed by atoms with Crippen LogP contribution < -0.4 is 10.1 Å². The van der Waals surface area contributed by atoms with E-state index in [4.69, 9.17) is 9.15 Å². The van der Waals surface area contributed by atoms with E-state index >= 15 is 0 Å². The molecule has 0 bridgehead atoms. The second kappa shape index (κ2) is 11.1. The lowest BCUT2D eigenvalue weighted by Gasteiger charge is -2.07. The Morgan fingerprint density at radius 1 is 1.25 bits per heavy atom. The first-order valence-electron chi connectivity index (χ1n) is 9.32. The third kappa shape index (κ3) is 6.39. The Morgan fingerprint density at radius 2 is 2.00 bits per heavy atom. The van der Waals surface area contributed by atoms with Crippen LogP contribution in [0.5, 0.6) is 5.75 Å². The molecule has 150 valence electrons. The van der Waals surface area contributed by atoms with Crippen molar-refractivity contribution in [2.45, 2.75) is 33.7 Å². The molecule has 0 atom stereocenters. The summed E-state index contributed by atoms with van der Waals surface area (Å²) in [4.78, 5) is 15.7. The molecule has 0 unspecified atom stereocenters. The monoisotopic (exact) mass is 384 g/mol. The van der Waals surface area contributed by atoms with Gasteiger partial charge in [-0.15, -0.1) is 0 Å². The van der Waals surface area contributed by atoms with Gasteiger partial charge in [-0.05, 0) is 38.5 Å². The molecule has 6 heteroatoms. The maximum Gasteiger partial charge on any atom is 0.319 e. The molecule has 0 saturated carbocycles. The van der Waals surface area contributed by atoms with Crippen LogP contribution in [-0.2, 0) is 22.5 Å². The standard InChI is InChI=1S/C22H28N2O4/c1-5-7-18(6-2)22-24-20(16(3)28-22)12-13-27-19-10-8-17(9-11-19)14-23-15-21(25)26-4/h5-11,23H,12-15H2,1-4H3/b7-5-,18-6+. The molecule has 2 aromatic rings. The lowest BCUT2D eigenvalue weighted by atomic mass is 10.2.